The molecule has 0 aromatic heterocycles. The molecule has 0 aliphatic carbocycles. The predicted molar refractivity (Wildman–Crippen MR) is 94.8 cm³/mol. The SMILES string of the molecule is C=CCC(CC#Cc1ccccc1)O[Si](C)(C)C(C)(C)C. The van der Waals surface area contributed by atoms with Crippen molar-refractivity contribution in [3.63, 3.8) is 0 Å². The van der Waals surface area contributed by atoms with Crippen LogP contribution in [0.5, 0.6) is 0 Å². The van der Waals surface area contributed by atoms with E-state index in [1.165, 1.54) is 0 Å². The first-order chi connectivity index (χ1) is 9.76. The van der Waals surface area contributed by atoms with Gasteiger partial charge in [-0.2, -0.15) is 0 Å². The van der Waals surface area contributed by atoms with Crippen LogP contribution in [0.15, 0.2) is 43.0 Å². The Hall–Kier alpha value is -1.30. The lowest BCUT2D eigenvalue weighted by molar-refractivity contribution is 0.188. The minimum atomic E-state index is -1.75. The van der Waals surface area contributed by atoms with Crippen molar-refractivity contribution in [2.45, 2.75) is 57.8 Å². The Bertz CT molecular complexity index is 500. The van der Waals surface area contributed by atoms with Crippen LogP contribution >= 0.6 is 0 Å². The molecule has 114 valence electrons. The third kappa shape index (κ3) is 5.91. The van der Waals surface area contributed by atoms with Gasteiger partial charge in [0.15, 0.2) is 8.32 Å². The Morgan fingerprint density at radius 1 is 1.24 bits per heavy atom. The van der Waals surface area contributed by atoms with Crippen LogP contribution in [0.4, 0.5) is 0 Å². The van der Waals surface area contributed by atoms with Gasteiger partial charge in [-0.1, -0.05) is 56.9 Å². The van der Waals surface area contributed by atoms with E-state index in [1.807, 2.05) is 36.4 Å². The van der Waals surface area contributed by atoms with Gasteiger partial charge in [0, 0.05) is 12.0 Å². The van der Waals surface area contributed by atoms with Gasteiger partial charge in [-0.25, -0.2) is 0 Å². The molecular weight excluding hydrogens is 272 g/mol. The van der Waals surface area contributed by atoms with E-state index in [4.69, 9.17) is 4.43 Å². The zero-order valence-electron chi connectivity index (χ0n) is 14.1. The summed E-state index contributed by atoms with van der Waals surface area (Å²) >= 11 is 0. The highest BCUT2D eigenvalue weighted by molar-refractivity contribution is 6.74. The van der Waals surface area contributed by atoms with E-state index >= 15 is 0 Å². The molecule has 0 saturated heterocycles. The molecule has 0 amide bonds. The van der Waals surface area contributed by atoms with Crippen LogP contribution in [-0.4, -0.2) is 14.4 Å². The van der Waals surface area contributed by atoms with Crippen molar-refractivity contribution in [3.05, 3.63) is 48.6 Å². The van der Waals surface area contributed by atoms with Gasteiger partial charge in [0.05, 0.1) is 6.10 Å². The Kier molecular flexibility index (Phi) is 6.45. The van der Waals surface area contributed by atoms with Gasteiger partial charge < -0.3 is 4.43 Å². The quantitative estimate of drug-likeness (QED) is 0.402. The summed E-state index contributed by atoms with van der Waals surface area (Å²) in [5.41, 5.74) is 1.06. The van der Waals surface area contributed by atoms with E-state index < -0.39 is 8.32 Å². The number of rotatable bonds is 5. The van der Waals surface area contributed by atoms with Crippen molar-refractivity contribution in [2.75, 3.05) is 0 Å². The molecule has 0 aliphatic heterocycles. The lowest BCUT2D eigenvalue weighted by atomic mass is 10.1. The van der Waals surface area contributed by atoms with E-state index in [1.54, 1.807) is 0 Å². The molecule has 0 spiro atoms. The van der Waals surface area contributed by atoms with Crippen molar-refractivity contribution in [3.8, 4) is 11.8 Å². The number of hydrogen-bond acceptors (Lipinski definition) is 1. The molecule has 0 aliphatic rings. The second kappa shape index (κ2) is 7.63. The first kappa shape index (κ1) is 17.7. The fraction of sp³-hybridized carbons (Fsp3) is 0.474. The van der Waals surface area contributed by atoms with E-state index in [9.17, 15) is 0 Å². The summed E-state index contributed by atoms with van der Waals surface area (Å²) in [6, 6.07) is 10.1. The fourth-order valence-electron chi connectivity index (χ4n) is 1.74. The van der Waals surface area contributed by atoms with E-state index in [0.29, 0.717) is 0 Å². The Labute approximate surface area is 131 Å². The molecule has 1 nitrogen and oxygen atoms in total. The second-order valence-electron chi connectivity index (χ2n) is 6.90. The van der Waals surface area contributed by atoms with E-state index in [0.717, 1.165) is 18.4 Å². The minimum absolute atomic E-state index is 0.152. The monoisotopic (exact) mass is 300 g/mol. The first-order valence-corrected chi connectivity index (χ1v) is 10.5. The zero-order valence-corrected chi connectivity index (χ0v) is 15.1. The van der Waals surface area contributed by atoms with Crippen molar-refractivity contribution >= 4 is 8.32 Å². The van der Waals surface area contributed by atoms with Crippen LogP contribution in [0.1, 0.15) is 39.2 Å². The summed E-state index contributed by atoms with van der Waals surface area (Å²) < 4.78 is 6.45. The molecule has 0 bridgehead atoms. The molecule has 1 atom stereocenters. The Morgan fingerprint density at radius 2 is 1.86 bits per heavy atom. The summed E-state index contributed by atoms with van der Waals surface area (Å²) in [5, 5.41) is 0.222. The Balaban J connectivity index is 2.71. The number of benzene rings is 1. The molecule has 0 saturated carbocycles. The molecule has 2 heteroatoms. The molecule has 1 rings (SSSR count). The van der Waals surface area contributed by atoms with Crippen LogP contribution in [0, 0.1) is 11.8 Å². The summed E-state index contributed by atoms with van der Waals surface area (Å²) in [6.45, 7) is 15.2. The van der Waals surface area contributed by atoms with E-state index in [-0.39, 0.29) is 11.1 Å². The van der Waals surface area contributed by atoms with Crippen molar-refractivity contribution in [1.29, 1.82) is 0 Å². The van der Waals surface area contributed by atoms with Gasteiger partial charge in [-0.15, -0.1) is 6.58 Å². The third-order valence-corrected chi connectivity index (χ3v) is 8.57. The molecular formula is C19H28OSi. The van der Waals surface area contributed by atoms with Crippen molar-refractivity contribution in [2.24, 2.45) is 0 Å². The van der Waals surface area contributed by atoms with Gasteiger partial charge >= 0.3 is 0 Å². The van der Waals surface area contributed by atoms with Gasteiger partial charge in [-0.3, -0.25) is 0 Å². The average Bonchev–Trinajstić information content (AvgIpc) is 2.38. The Morgan fingerprint density at radius 3 is 2.38 bits per heavy atom. The lowest BCUT2D eigenvalue weighted by Crippen LogP contribution is -2.43. The molecule has 21 heavy (non-hydrogen) atoms. The van der Waals surface area contributed by atoms with E-state index in [2.05, 4.69) is 52.3 Å². The van der Waals surface area contributed by atoms with Crippen LogP contribution < -0.4 is 0 Å². The third-order valence-electron chi connectivity index (χ3n) is 4.03. The summed E-state index contributed by atoms with van der Waals surface area (Å²) in [6.07, 6.45) is 3.70. The molecule has 0 radical (unpaired) electrons. The molecule has 1 unspecified atom stereocenters. The highest BCUT2D eigenvalue weighted by atomic mass is 28.4. The largest absolute Gasteiger partial charge is 0.413 e. The predicted octanol–water partition coefficient (Wildman–Crippen LogP) is 5.39. The first-order valence-electron chi connectivity index (χ1n) is 7.59. The molecule has 0 fully saturated rings. The molecule has 1 aromatic carbocycles. The second-order valence-corrected chi connectivity index (χ2v) is 11.7. The average molecular weight is 301 g/mol. The molecule has 0 heterocycles. The van der Waals surface area contributed by atoms with Crippen LogP contribution in [0.2, 0.25) is 18.1 Å². The fourth-order valence-corrected chi connectivity index (χ4v) is 3.11. The van der Waals surface area contributed by atoms with Gasteiger partial charge in [0.25, 0.3) is 0 Å². The molecule has 0 N–H and O–H groups in total. The minimum Gasteiger partial charge on any atom is -0.413 e. The topological polar surface area (TPSA) is 9.23 Å². The highest BCUT2D eigenvalue weighted by Gasteiger charge is 2.38. The standard InChI is InChI=1S/C19H28OSi/c1-7-12-18(20-21(5,6)19(2,3)4)16-11-15-17-13-9-8-10-14-17/h7-10,13-14,18H,1,12,16H2,2-6H3. The maximum absolute atomic E-state index is 6.45. The maximum Gasteiger partial charge on any atom is 0.192 e. The van der Waals surface area contributed by atoms with Gasteiger partial charge in [0.2, 0.25) is 0 Å². The van der Waals surface area contributed by atoms with Crippen LogP contribution in [0.3, 0.4) is 0 Å². The summed E-state index contributed by atoms with van der Waals surface area (Å²) in [4.78, 5) is 0. The lowest BCUT2D eigenvalue weighted by Gasteiger charge is -2.38. The summed E-state index contributed by atoms with van der Waals surface area (Å²) in [5.74, 6) is 6.47. The van der Waals surface area contributed by atoms with Crippen LogP contribution in [-0.2, 0) is 4.43 Å². The van der Waals surface area contributed by atoms with Gasteiger partial charge in [0.1, 0.15) is 0 Å². The van der Waals surface area contributed by atoms with Crippen molar-refractivity contribution in [1.82, 2.24) is 0 Å². The van der Waals surface area contributed by atoms with Crippen LogP contribution in [0.25, 0.3) is 0 Å². The van der Waals surface area contributed by atoms with Crippen molar-refractivity contribution < 1.29 is 4.43 Å². The normalized spacial score (nSPS) is 13.2. The highest BCUT2D eigenvalue weighted by Crippen LogP contribution is 2.37. The maximum atomic E-state index is 6.45. The van der Waals surface area contributed by atoms with Gasteiger partial charge in [-0.05, 0) is 36.7 Å². The smallest absolute Gasteiger partial charge is 0.192 e. The molecule has 1 aromatic rings. The zero-order chi connectivity index (χ0) is 15.9. The number of hydrogen-bond donors (Lipinski definition) is 0. The summed E-state index contributed by atoms with van der Waals surface area (Å²) in [7, 11) is -1.75.